The van der Waals surface area contributed by atoms with Crippen LogP contribution in [0.4, 0.5) is 0 Å². The van der Waals surface area contributed by atoms with Crippen molar-refractivity contribution < 1.29 is 29.3 Å². The Morgan fingerprint density at radius 1 is 0.735 bits per heavy atom. The van der Waals surface area contributed by atoms with Gasteiger partial charge in [-0.3, -0.25) is 0 Å². The number of hydrogen-bond acceptors (Lipinski definition) is 8. The van der Waals surface area contributed by atoms with Gasteiger partial charge >= 0.3 is 11.9 Å². The van der Waals surface area contributed by atoms with Crippen LogP contribution in [0.1, 0.15) is 85.9 Å². The van der Waals surface area contributed by atoms with E-state index in [1.54, 1.807) is 47.8 Å². The molecule has 0 heterocycles. The fourth-order valence-corrected chi connectivity index (χ4v) is 5.17. The van der Waals surface area contributed by atoms with E-state index in [9.17, 15) is 19.8 Å². The molecule has 1 aromatic carbocycles. The van der Waals surface area contributed by atoms with Crippen molar-refractivity contribution in [3.63, 3.8) is 0 Å². The molecule has 0 aliphatic rings. The van der Waals surface area contributed by atoms with Crippen LogP contribution in [-0.2, 0) is 9.47 Å². The van der Waals surface area contributed by atoms with Crippen molar-refractivity contribution in [1.29, 1.82) is 0 Å². The Bertz CT molecular complexity index is 628. The Kier molecular flexibility index (Phi) is 18.1. The number of aliphatic hydroxyl groups excluding tert-OH is 2. The van der Waals surface area contributed by atoms with E-state index in [4.69, 9.17) is 9.47 Å². The lowest BCUT2D eigenvalue weighted by atomic mass is 10.1. The molecule has 0 spiro atoms. The van der Waals surface area contributed by atoms with Gasteiger partial charge in [-0.05, 0) is 73.7 Å². The summed E-state index contributed by atoms with van der Waals surface area (Å²) in [5.74, 6) is 2.46. The second-order valence-corrected chi connectivity index (χ2v) is 10.7. The minimum Gasteiger partial charge on any atom is -0.462 e. The molecule has 2 atom stereocenters. The predicted octanol–water partition coefficient (Wildman–Crippen LogP) is 5.35. The average molecular weight is 515 g/mol. The van der Waals surface area contributed by atoms with Crippen molar-refractivity contribution in [3.05, 3.63) is 35.4 Å². The zero-order valence-corrected chi connectivity index (χ0v) is 22.3. The number of esters is 2. The van der Waals surface area contributed by atoms with Crippen molar-refractivity contribution in [2.75, 3.05) is 36.2 Å². The Morgan fingerprint density at radius 2 is 1.15 bits per heavy atom. The van der Waals surface area contributed by atoms with Crippen molar-refractivity contribution >= 4 is 35.5 Å². The van der Waals surface area contributed by atoms with Crippen molar-refractivity contribution in [2.24, 2.45) is 0 Å². The number of carbonyl (C=O) groups is 2. The highest BCUT2D eigenvalue weighted by Gasteiger charge is 2.18. The molecule has 1 rings (SSSR count). The van der Waals surface area contributed by atoms with Crippen LogP contribution in [0, 0.1) is 0 Å². The largest absolute Gasteiger partial charge is 0.462 e. The molecule has 0 aliphatic carbocycles. The number of aliphatic hydroxyl groups is 2. The molecule has 34 heavy (non-hydrogen) atoms. The first-order chi connectivity index (χ1) is 16.5. The maximum absolute atomic E-state index is 12.5. The first kappa shape index (κ1) is 30.8. The number of carbonyl (C=O) groups excluding carboxylic acids is 2. The summed E-state index contributed by atoms with van der Waals surface area (Å²) in [6.07, 6.45) is 6.21. The number of benzene rings is 1. The smallest absolute Gasteiger partial charge is 0.339 e. The second kappa shape index (κ2) is 20.0. The van der Waals surface area contributed by atoms with E-state index in [-0.39, 0.29) is 36.5 Å². The molecule has 2 N–H and O–H groups in total. The second-order valence-electron chi connectivity index (χ2n) is 8.21. The fourth-order valence-electron chi connectivity index (χ4n) is 3.24. The lowest BCUT2D eigenvalue weighted by molar-refractivity contribution is 0.0459. The lowest BCUT2D eigenvalue weighted by Gasteiger charge is -2.11. The topological polar surface area (TPSA) is 93.1 Å². The molecule has 0 amide bonds. The number of thioether (sulfide) groups is 2. The lowest BCUT2D eigenvalue weighted by Crippen LogP contribution is -2.15. The van der Waals surface area contributed by atoms with Gasteiger partial charge in [-0.15, -0.1) is 0 Å². The summed E-state index contributed by atoms with van der Waals surface area (Å²) in [7, 11) is 0. The summed E-state index contributed by atoms with van der Waals surface area (Å²) < 4.78 is 10.7. The highest BCUT2D eigenvalue weighted by molar-refractivity contribution is 7.99. The van der Waals surface area contributed by atoms with Crippen LogP contribution in [0.3, 0.4) is 0 Å². The van der Waals surface area contributed by atoms with Gasteiger partial charge < -0.3 is 19.7 Å². The van der Waals surface area contributed by atoms with E-state index in [0.29, 0.717) is 0 Å². The Balaban J connectivity index is 2.26. The van der Waals surface area contributed by atoms with Gasteiger partial charge in [0.25, 0.3) is 0 Å². The van der Waals surface area contributed by atoms with Gasteiger partial charge in [-0.25, -0.2) is 9.59 Å². The van der Waals surface area contributed by atoms with Crippen LogP contribution in [0.2, 0.25) is 0 Å². The molecular weight excluding hydrogens is 472 g/mol. The quantitative estimate of drug-likeness (QED) is 0.178. The molecule has 0 saturated heterocycles. The molecule has 2 unspecified atom stereocenters. The van der Waals surface area contributed by atoms with E-state index in [1.807, 2.05) is 0 Å². The molecule has 0 fully saturated rings. The molecule has 6 nitrogen and oxygen atoms in total. The third-order valence-corrected chi connectivity index (χ3v) is 7.34. The van der Waals surface area contributed by atoms with E-state index in [1.165, 1.54) is 0 Å². The molecular formula is C26H42O6S2. The maximum Gasteiger partial charge on any atom is 0.339 e. The Hall–Kier alpha value is -1.22. The highest BCUT2D eigenvalue weighted by atomic mass is 32.2. The van der Waals surface area contributed by atoms with E-state index in [0.717, 1.165) is 74.4 Å². The van der Waals surface area contributed by atoms with Gasteiger partial charge in [-0.2, -0.15) is 23.5 Å². The van der Waals surface area contributed by atoms with Gasteiger partial charge in [0.05, 0.1) is 36.5 Å². The van der Waals surface area contributed by atoms with Gasteiger partial charge in [0, 0.05) is 0 Å². The van der Waals surface area contributed by atoms with E-state index < -0.39 is 11.9 Å². The Labute approximate surface area is 213 Å². The normalized spacial score (nSPS) is 12.8. The first-order valence-electron chi connectivity index (χ1n) is 12.4. The standard InChI is InChI=1S/C26H42O6S2/c1-3-9-21(27)13-19-33-17-7-15-31-25(29)23-11-5-6-12-24(23)26(30)32-16-8-18-34-20-14-22(28)10-4-2/h5-6,11-12,21-22,27-28H,3-4,7-10,13-20H2,1-2H3. The Morgan fingerprint density at radius 3 is 1.53 bits per heavy atom. The minimum atomic E-state index is -0.517. The number of rotatable bonds is 20. The van der Waals surface area contributed by atoms with Crippen molar-refractivity contribution in [1.82, 2.24) is 0 Å². The van der Waals surface area contributed by atoms with Crippen LogP contribution in [0.25, 0.3) is 0 Å². The van der Waals surface area contributed by atoms with Crippen molar-refractivity contribution in [3.8, 4) is 0 Å². The summed E-state index contributed by atoms with van der Waals surface area (Å²) in [4.78, 5) is 25.0. The SMILES string of the molecule is CCCC(O)CCSCCCOC(=O)c1ccccc1C(=O)OCCCSCCC(O)CCC. The number of ether oxygens (including phenoxy) is 2. The summed E-state index contributed by atoms with van der Waals surface area (Å²) in [6.45, 7) is 4.70. The third-order valence-electron chi connectivity index (χ3n) is 5.13. The van der Waals surface area contributed by atoms with Crippen LogP contribution in [0.15, 0.2) is 24.3 Å². The van der Waals surface area contributed by atoms with Crippen LogP contribution in [-0.4, -0.2) is 70.6 Å². The predicted molar refractivity (Wildman–Crippen MR) is 142 cm³/mol. The van der Waals surface area contributed by atoms with Crippen LogP contribution in [0.5, 0.6) is 0 Å². The van der Waals surface area contributed by atoms with Crippen LogP contribution >= 0.6 is 23.5 Å². The highest BCUT2D eigenvalue weighted by Crippen LogP contribution is 2.15. The zero-order chi connectivity index (χ0) is 25.0. The van der Waals surface area contributed by atoms with E-state index in [2.05, 4.69) is 13.8 Å². The summed E-state index contributed by atoms with van der Waals surface area (Å²) in [5, 5.41) is 19.5. The molecule has 0 radical (unpaired) electrons. The van der Waals surface area contributed by atoms with Gasteiger partial charge in [0.2, 0.25) is 0 Å². The van der Waals surface area contributed by atoms with Gasteiger partial charge in [0.15, 0.2) is 0 Å². The molecule has 194 valence electrons. The van der Waals surface area contributed by atoms with Gasteiger partial charge in [-0.1, -0.05) is 38.8 Å². The molecule has 0 aliphatic heterocycles. The van der Waals surface area contributed by atoms with Crippen molar-refractivity contribution in [2.45, 2.75) is 77.4 Å². The first-order valence-corrected chi connectivity index (χ1v) is 14.7. The van der Waals surface area contributed by atoms with Crippen LogP contribution < -0.4 is 0 Å². The minimum absolute atomic E-state index is 0.224. The summed E-state index contributed by atoms with van der Waals surface area (Å²) in [6, 6.07) is 6.57. The van der Waals surface area contributed by atoms with E-state index >= 15 is 0 Å². The summed E-state index contributed by atoms with van der Waals surface area (Å²) in [5.41, 5.74) is 0.448. The molecule has 8 heteroatoms. The maximum atomic E-state index is 12.5. The zero-order valence-electron chi connectivity index (χ0n) is 20.7. The summed E-state index contributed by atoms with van der Waals surface area (Å²) >= 11 is 3.49. The third kappa shape index (κ3) is 14.2. The molecule has 1 aromatic rings. The fraction of sp³-hybridized carbons (Fsp3) is 0.692. The molecule has 0 saturated carbocycles. The molecule has 0 bridgehead atoms. The van der Waals surface area contributed by atoms with Gasteiger partial charge in [0.1, 0.15) is 0 Å². The molecule has 0 aromatic heterocycles. The monoisotopic (exact) mass is 514 g/mol. The average Bonchev–Trinajstić information content (AvgIpc) is 2.83. The number of hydrogen-bond donors (Lipinski definition) is 2.